The Morgan fingerprint density at radius 2 is 1.82 bits per heavy atom. The standard InChI is InChI=1S/C12H24N2O2S/c1-12(2)10-13-8-5-9-17(15,16)14(12)11-6-3-4-7-11/h11,13H,3-10H2,1-2H3. The van der Waals surface area contributed by atoms with Crippen molar-refractivity contribution in [1.82, 2.24) is 9.62 Å². The summed E-state index contributed by atoms with van der Waals surface area (Å²) in [6.45, 7) is 5.65. The van der Waals surface area contributed by atoms with Gasteiger partial charge in [0.25, 0.3) is 0 Å². The first-order chi connectivity index (χ1) is 7.93. The molecule has 1 aliphatic heterocycles. The SMILES string of the molecule is CC1(C)CNCCCS(=O)(=O)N1C1CCCC1. The third kappa shape index (κ3) is 2.83. The van der Waals surface area contributed by atoms with E-state index in [1.54, 1.807) is 0 Å². The van der Waals surface area contributed by atoms with Crippen LogP contribution in [0.2, 0.25) is 0 Å². The van der Waals surface area contributed by atoms with E-state index < -0.39 is 10.0 Å². The highest BCUT2D eigenvalue weighted by molar-refractivity contribution is 7.89. The van der Waals surface area contributed by atoms with Crippen LogP contribution < -0.4 is 5.32 Å². The van der Waals surface area contributed by atoms with Crippen molar-refractivity contribution in [2.75, 3.05) is 18.8 Å². The molecule has 1 heterocycles. The van der Waals surface area contributed by atoms with Crippen LogP contribution in [-0.4, -0.2) is 43.1 Å². The molecule has 1 aliphatic carbocycles. The highest BCUT2D eigenvalue weighted by Crippen LogP contribution is 2.32. The maximum absolute atomic E-state index is 12.5. The van der Waals surface area contributed by atoms with E-state index in [0.717, 1.165) is 32.4 Å². The third-order valence-electron chi connectivity index (χ3n) is 3.87. The summed E-state index contributed by atoms with van der Waals surface area (Å²) in [5.74, 6) is 0.292. The van der Waals surface area contributed by atoms with Crippen molar-refractivity contribution in [3.63, 3.8) is 0 Å². The molecule has 1 N–H and O–H groups in total. The molecule has 17 heavy (non-hydrogen) atoms. The second-order valence-corrected chi connectivity index (χ2v) is 7.86. The van der Waals surface area contributed by atoms with E-state index in [0.29, 0.717) is 5.75 Å². The Hall–Kier alpha value is -0.130. The van der Waals surface area contributed by atoms with Crippen LogP contribution in [0.5, 0.6) is 0 Å². The van der Waals surface area contributed by atoms with Crippen molar-refractivity contribution < 1.29 is 8.42 Å². The molecule has 0 atom stereocenters. The minimum atomic E-state index is -3.08. The summed E-state index contributed by atoms with van der Waals surface area (Å²) in [4.78, 5) is 0. The van der Waals surface area contributed by atoms with Gasteiger partial charge in [-0.2, -0.15) is 4.31 Å². The van der Waals surface area contributed by atoms with Crippen LogP contribution in [0.1, 0.15) is 46.0 Å². The van der Waals surface area contributed by atoms with Crippen molar-refractivity contribution in [3.05, 3.63) is 0 Å². The van der Waals surface area contributed by atoms with Gasteiger partial charge >= 0.3 is 0 Å². The molecule has 0 aromatic rings. The summed E-state index contributed by atoms with van der Waals surface area (Å²) in [5.41, 5.74) is -0.297. The molecule has 0 unspecified atom stereocenters. The highest BCUT2D eigenvalue weighted by atomic mass is 32.2. The average Bonchev–Trinajstić information content (AvgIpc) is 2.67. The van der Waals surface area contributed by atoms with E-state index >= 15 is 0 Å². The van der Waals surface area contributed by atoms with Gasteiger partial charge in [0.15, 0.2) is 0 Å². The molecule has 5 heteroatoms. The van der Waals surface area contributed by atoms with Gasteiger partial charge in [0.2, 0.25) is 10.0 Å². The van der Waals surface area contributed by atoms with E-state index in [1.807, 2.05) is 18.2 Å². The fraction of sp³-hybridized carbons (Fsp3) is 1.00. The Kier molecular flexibility index (Phi) is 3.80. The number of nitrogens with one attached hydrogen (secondary N) is 1. The Balaban J connectivity index is 2.30. The number of nitrogens with zero attached hydrogens (tertiary/aromatic N) is 1. The van der Waals surface area contributed by atoms with Crippen LogP contribution in [0, 0.1) is 0 Å². The van der Waals surface area contributed by atoms with Crippen molar-refractivity contribution in [3.8, 4) is 0 Å². The van der Waals surface area contributed by atoms with Crippen molar-refractivity contribution in [2.45, 2.75) is 57.5 Å². The van der Waals surface area contributed by atoms with E-state index in [2.05, 4.69) is 5.32 Å². The zero-order valence-corrected chi connectivity index (χ0v) is 11.7. The fourth-order valence-corrected chi connectivity index (χ4v) is 5.38. The minimum absolute atomic E-state index is 0.231. The van der Waals surface area contributed by atoms with E-state index in [-0.39, 0.29) is 11.6 Å². The predicted octanol–water partition coefficient (Wildman–Crippen LogP) is 1.33. The Morgan fingerprint density at radius 1 is 1.18 bits per heavy atom. The Morgan fingerprint density at radius 3 is 2.47 bits per heavy atom. The van der Waals surface area contributed by atoms with Crippen molar-refractivity contribution in [2.24, 2.45) is 0 Å². The lowest BCUT2D eigenvalue weighted by Crippen LogP contribution is -2.58. The lowest BCUT2D eigenvalue weighted by atomic mass is 10.0. The molecule has 1 saturated heterocycles. The second-order valence-electron chi connectivity index (χ2n) is 5.89. The van der Waals surface area contributed by atoms with Gasteiger partial charge in [0.1, 0.15) is 0 Å². The van der Waals surface area contributed by atoms with Crippen LogP contribution in [0.3, 0.4) is 0 Å². The molecule has 0 spiro atoms. The smallest absolute Gasteiger partial charge is 0.214 e. The molecule has 0 aromatic carbocycles. The van der Waals surface area contributed by atoms with Crippen LogP contribution >= 0.6 is 0 Å². The molecular weight excluding hydrogens is 236 g/mol. The molecule has 0 aromatic heterocycles. The van der Waals surface area contributed by atoms with Gasteiger partial charge in [-0.25, -0.2) is 8.42 Å². The molecule has 0 amide bonds. The van der Waals surface area contributed by atoms with Crippen LogP contribution in [0.15, 0.2) is 0 Å². The first-order valence-electron chi connectivity index (χ1n) is 6.66. The Bertz CT molecular complexity index is 359. The van der Waals surface area contributed by atoms with Gasteiger partial charge in [-0.1, -0.05) is 12.8 Å². The number of hydrogen-bond acceptors (Lipinski definition) is 3. The lowest BCUT2D eigenvalue weighted by molar-refractivity contribution is 0.166. The van der Waals surface area contributed by atoms with E-state index in [9.17, 15) is 8.42 Å². The molecular formula is C12H24N2O2S. The molecule has 0 bridgehead atoms. The summed E-state index contributed by atoms with van der Waals surface area (Å²) in [5, 5.41) is 3.36. The normalized spacial score (nSPS) is 30.9. The lowest BCUT2D eigenvalue weighted by Gasteiger charge is -2.42. The summed E-state index contributed by atoms with van der Waals surface area (Å²) in [7, 11) is -3.08. The molecule has 2 rings (SSSR count). The molecule has 2 aliphatic rings. The molecule has 0 radical (unpaired) electrons. The third-order valence-corrected chi connectivity index (χ3v) is 6.06. The zero-order valence-electron chi connectivity index (χ0n) is 10.9. The van der Waals surface area contributed by atoms with Gasteiger partial charge in [0, 0.05) is 18.1 Å². The van der Waals surface area contributed by atoms with Gasteiger partial charge in [-0.3, -0.25) is 0 Å². The maximum atomic E-state index is 12.5. The maximum Gasteiger partial charge on any atom is 0.214 e. The van der Waals surface area contributed by atoms with Gasteiger partial charge in [0.05, 0.1) is 5.75 Å². The first kappa shape index (κ1) is 13.3. The van der Waals surface area contributed by atoms with Crippen LogP contribution in [0.25, 0.3) is 0 Å². The fourth-order valence-electron chi connectivity index (χ4n) is 3.19. The topological polar surface area (TPSA) is 49.4 Å². The molecule has 100 valence electrons. The predicted molar refractivity (Wildman–Crippen MR) is 69.4 cm³/mol. The van der Waals surface area contributed by atoms with Crippen molar-refractivity contribution >= 4 is 10.0 Å². The molecule has 1 saturated carbocycles. The van der Waals surface area contributed by atoms with Crippen molar-refractivity contribution in [1.29, 1.82) is 0 Å². The first-order valence-corrected chi connectivity index (χ1v) is 8.27. The monoisotopic (exact) mass is 260 g/mol. The summed E-state index contributed by atoms with van der Waals surface area (Å²) in [6.07, 6.45) is 5.12. The summed E-state index contributed by atoms with van der Waals surface area (Å²) in [6, 6.07) is 0.231. The van der Waals surface area contributed by atoms with E-state index in [1.165, 1.54) is 12.8 Å². The van der Waals surface area contributed by atoms with E-state index in [4.69, 9.17) is 0 Å². The molecule has 4 nitrogen and oxygen atoms in total. The van der Waals surface area contributed by atoms with Gasteiger partial charge in [-0.05, 0) is 39.7 Å². The summed E-state index contributed by atoms with van der Waals surface area (Å²) >= 11 is 0. The van der Waals surface area contributed by atoms with Gasteiger partial charge in [-0.15, -0.1) is 0 Å². The quantitative estimate of drug-likeness (QED) is 0.774. The minimum Gasteiger partial charge on any atom is -0.315 e. The number of sulfonamides is 1. The van der Waals surface area contributed by atoms with Gasteiger partial charge < -0.3 is 5.32 Å². The Labute approximate surface area is 105 Å². The zero-order chi connectivity index (χ0) is 12.5. The second kappa shape index (κ2) is 4.86. The summed E-state index contributed by atoms with van der Waals surface area (Å²) < 4.78 is 26.7. The van der Waals surface area contributed by atoms with Crippen LogP contribution in [-0.2, 0) is 10.0 Å². The molecule has 2 fully saturated rings. The van der Waals surface area contributed by atoms with Crippen LogP contribution in [0.4, 0.5) is 0 Å². The largest absolute Gasteiger partial charge is 0.315 e. The average molecular weight is 260 g/mol. The number of rotatable bonds is 1. The number of hydrogen-bond donors (Lipinski definition) is 1. The highest BCUT2D eigenvalue weighted by Gasteiger charge is 2.42.